The summed E-state index contributed by atoms with van der Waals surface area (Å²) in [5, 5.41) is 6.15. The highest BCUT2D eigenvalue weighted by Gasteiger charge is 2.35. The second-order valence-electron chi connectivity index (χ2n) is 7.23. The number of likely N-dealkylation sites (N-methyl/N-ethyl adjacent to an activating group) is 1. The maximum absolute atomic E-state index is 13.1. The number of carbonyl (C=O) groups excluding carboxylic acids is 2. The molecule has 0 saturated heterocycles. The van der Waals surface area contributed by atoms with Crippen molar-refractivity contribution < 1.29 is 19.1 Å². The average molecular weight is 396 g/mol. The summed E-state index contributed by atoms with van der Waals surface area (Å²) in [6, 6.07) is 9.35. The van der Waals surface area contributed by atoms with Crippen LogP contribution in [0.4, 0.5) is 0 Å². The third kappa shape index (κ3) is 3.57. The summed E-state index contributed by atoms with van der Waals surface area (Å²) < 4.78 is 12.9. The molecule has 29 heavy (non-hydrogen) atoms. The van der Waals surface area contributed by atoms with Gasteiger partial charge in [-0.1, -0.05) is 13.0 Å². The molecule has 0 spiro atoms. The van der Waals surface area contributed by atoms with Crippen molar-refractivity contribution in [1.29, 1.82) is 0 Å². The van der Waals surface area contributed by atoms with E-state index in [1.165, 1.54) is 9.91 Å². The van der Waals surface area contributed by atoms with Gasteiger partial charge in [0, 0.05) is 33.1 Å². The standard InChI is InChI=1S/C21H24N4O4/c1-4-20(26)24(3)12-21(27)25-17(11-15(22-25)16-6-5-9-23(16)2)14-7-8-18-19(10-14)29-13-28-18/h5-10,17H,4,11-13H2,1-3H3/t17-/m1/s1. The van der Waals surface area contributed by atoms with Gasteiger partial charge in [-0.15, -0.1) is 0 Å². The van der Waals surface area contributed by atoms with Crippen molar-refractivity contribution >= 4 is 17.5 Å². The molecule has 2 aliphatic rings. The van der Waals surface area contributed by atoms with Crippen LogP contribution in [0.25, 0.3) is 0 Å². The van der Waals surface area contributed by atoms with E-state index in [1.54, 1.807) is 14.0 Å². The molecule has 8 heteroatoms. The lowest BCUT2D eigenvalue weighted by molar-refractivity contribution is -0.140. The van der Waals surface area contributed by atoms with Crippen LogP contribution in [-0.4, -0.2) is 52.4 Å². The fraction of sp³-hybridized carbons (Fsp3) is 0.381. The zero-order chi connectivity index (χ0) is 20.5. The van der Waals surface area contributed by atoms with Crippen LogP contribution in [0.5, 0.6) is 11.5 Å². The van der Waals surface area contributed by atoms with E-state index in [-0.39, 0.29) is 31.2 Å². The molecular formula is C21H24N4O4. The minimum atomic E-state index is -0.271. The van der Waals surface area contributed by atoms with Crippen molar-refractivity contribution in [3.05, 3.63) is 47.8 Å². The topological polar surface area (TPSA) is 76.4 Å². The number of fused-ring (bicyclic) bond motifs is 1. The van der Waals surface area contributed by atoms with Crippen LogP contribution in [0.2, 0.25) is 0 Å². The molecule has 152 valence electrons. The first-order valence-corrected chi connectivity index (χ1v) is 9.62. The molecule has 0 radical (unpaired) electrons. The number of carbonyl (C=O) groups is 2. The summed E-state index contributed by atoms with van der Waals surface area (Å²) in [6.07, 6.45) is 2.88. The van der Waals surface area contributed by atoms with E-state index >= 15 is 0 Å². The Hall–Kier alpha value is -3.29. The predicted molar refractivity (Wildman–Crippen MR) is 107 cm³/mol. The number of hydrogen-bond donors (Lipinski definition) is 0. The maximum Gasteiger partial charge on any atom is 0.262 e. The number of hydrazone groups is 1. The van der Waals surface area contributed by atoms with Crippen LogP contribution in [0, 0.1) is 0 Å². The Morgan fingerprint density at radius 3 is 2.76 bits per heavy atom. The molecule has 1 aromatic heterocycles. The number of amides is 2. The van der Waals surface area contributed by atoms with Crippen molar-refractivity contribution in [3.8, 4) is 11.5 Å². The molecule has 0 fully saturated rings. The maximum atomic E-state index is 13.1. The van der Waals surface area contributed by atoms with Gasteiger partial charge < -0.3 is 18.9 Å². The lowest BCUT2D eigenvalue weighted by Crippen LogP contribution is -2.38. The van der Waals surface area contributed by atoms with E-state index in [0.29, 0.717) is 24.3 Å². The van der Waals surface area contributed by atoms with E-state index in [0.717, 1.165) is 17.0 Å². The van der Waals surface area contributed by atoms with Gasteiger partial charge in [0.25, 0.3) is 5.91 Å². The van der Waals surface area contributed by atoms with Gasteiger partial charge in [0.2, 0.25) is 12.7 Å². The summed E-state index contributed by atoms with van der Waals surface area (Å²) >= 11 is 0. The van der Waals surface area contributed by atoms with Crippen LogP contribution in [-0.2, 0) is 16.6 Å². The molecule has 0 bridgehead atoms. The van der Waals surface area contributed by atoms with Crippen LogP contribution in [0.3, 0.4) is 0 Å². The number of nitrogens with zero attached hydrogens (tertiary/aromatic N) is 4. The Bertz CT molecular complexity index is 981. The molecule has 3 heterocycles. The van der Waals surface area contributed by atoms with Gasteiger partial charge in [0.15, 0.2) is 11.5 Å². The Labute approximate surface area is 169 Å². The molecule has 4 rings (SSSR count). The highest BCUT2D eigenvalue weighted by Crippen LogP contribution is 2.39. The van der Waals surface area contributed by atoms with Crippen molar-refractivity contribution in [2.75, 3.05) is 20.4 Å². The van der Waals surface area contributed by atoms with Crippen molar-refractivity contribution in [1.82, 2.24) is 14.5 Å². The quantitative estimate of drug-likeness (QED) is 0.777. The third-order valence-corrected chi connectivity index (χ3v) is 5.29. The van der Waals surface area contributed by atoms with Crippen LogP contribution < -0.4 is 9.47 Å². The van der Waals surface area contributed by atoms with Gasteiger partial charge in [-0.2, -0.15) is 5.10 Å². The highest BCUT2D eigenvalue weighted by molar-refractivity contribution is 6.02. The summed E-state index contributed by atoms with van der Waals surface area (Å²) in [5.74, 6) is 1.06. The number of rotatable bonds is 5. The van der Waals surface area contributed by atoms with Crippen LogP contribution in [0.15, 0.2) is 41.6 Å². The molecule has 2 aromatic rings. The molecule has 2 amide bonds. The third-order valence-electron chi connectivity index (χ3n) is 5.29. The predicted octanol–water partition coefficient (Wildman–Crippen LogP) is 2.30. The van der Waals surface area contributed by atoms with Gasteiger partial charge in [-0.25, -0.2) is 5.01 Å². The zero-order valence-corrected chi connectivity index (χ0v) is 16.8. The average Bonchev–Trinajstić information content (AvgIpc) is 3.45. The van der Waals surface area contributed by atoms with Gasteiger partial charge in [-0.3, -0.25) is 9.59 Å². The van der Waals surface area contributed by atoms with E-state index in [2.05, 4.69) is 5.10 Å². The fourth-order valence-electron chi connectivity index (χ4n) is 3.67. The first-order chi connectivity index (χ1) is 14.0. The summed E-state index contributed by atoms with van der Waals surface area (Å²) in [6.45, 7) is 1.96. The number of hydrogen-bond acceptors (Lipinski definition) is 5. The molecule has 0 aliphatic carbocycles. The zero-order valence-electron chi connectivity index (χ0n) is 16.8. The minimum absolute atomic E-state index is 0.0162. The van der Waals surface area contributed by atoms with Crippen LogP contribution in [0.1, 0.15) is 37.1 Å². The SMILES string of the molecule is CCC(=O)N(C)CC(=O)N1N=C(c2cccn2C)C[C@@H]1c1ccc2c(c1)OCO2. The summed E-state index contributed by atoms with van der Waals surface area (Å²) in [4.78, 5) is 26.4. The first kappa shape index (κ1) is 19.0. The second-order valence-corrected chi connectivity index (χ2v) is 7.23. The summed E-state index contributed by atoms with van der Waals surface area (Å²) in [7, 11) is 3.59. The van der Waals surface area contributed by atoms with E-state index in [9.17, 15) is 9.59 Å². The lowest BCUT2D eigenvalue weighted by atomic mass is 10.00. The number of aryl methyl sites for hydroxylation is 1. The van der Waals surface area contributed by atoms with Crippen LogP contribution >= 0.6 is 0 Å². The highest BCUT2D eigenvalue weighted by atomic mass is 16.7. The molecule has 2 aliphatic heterocycles. The molecule has 0 saturated carbocycles. The first-order valence-electron chi connectivity index (χ1n) is 9.62. The molecule has 1 aromatic carbocycles. The smallest absolute Gasteiger partial charge is 0.262 e. The fourth-order valence-corrected chi connectivity index (χ4v) is 3.67. The Kier molecular flexibility index (Phi) is 5.00. The largest absolute Gasteiger partial charge is 0.454 e. The molecule has 0 N–H and O–H groups in total. The molecule has 8 nitrogen and oxygen atoms in total. The van der Waals surface area contributed by atoms with Gasteiger partial charge >= 0.3 is 0 Å². The summed E-state index contributed by atoms with van der Waals surface area (Å²) in [5.41, 5.74) is 2.71. The van der Waals surface area contributed by atoms with Gasteiger partial charge in [0.1, 0.15) is 6.54 Å². The van der Waals surface area contributed by atoms with Gasteiger partial charge in [0.05, 0.1) is 17.4 Å². The molecular weight excluding hydrogens is 372 g/mol. The van der Waals surface area contributed by atoms with Crippen molar-refractivity contribution in [2.45, 2.75) is 25.8 Å². The second kappa shape index (κ2) is 7.62. The monoisotopic (exact) mass is 396 g/mol. The molecule has 1 atom stereocenters. The Morgan fingerprint density at radius 2 is 2.03 bits per heavy atom. The minimum Gasteiger partial charge on any atom is -0.454 e. The number of benzene rings is 1. The number of aromatic nitrogens is 1. The van der Waals surface area contributed by atoms with E-state index < -0.39 is 0 Å². The lowest BCUT2D eigenvalue weighted by Gasteiger charge is -2.25. The van der Waals surface area contributed by atoms with Crippen molar-refractivity contribution in [2.24, 2.45) is 12.1 Å². The molecule has 0 unspecified atom stereocenters. The van der Waals surface area contributed by atoms with Crippen molar-refractivity contribution in [3.63, 3.8) is 0 Å². The Morgan fingerprint density at radius 1 is 1.24 bits per heavy atom. The van der Waals surface area contributed by atoms with E-state index in [4.69, 9.17) is 9.47 Å². The van der Waals surface area contributed by atoms with E-state index in [1.807, 2.05) is 48.1 Å². The van der Waals surface area contributed by atoms with Gasteiger partial charge in [-0.05, 0) is 29.8 Å². The number of ether oxygens (including phenoxy) is 2. The Balaban J connectivity index is 1.64. The normalized spacial score (nSPS) is 17.4.